The summed E-state index contributed by atoms with van der Waals surface area (Å²) in [5.74, 6) is 0.614. The number of piperazine rings is 1. The van der Waals surface area contributed by atoms with E-state index in [9.17, 15) is 13.2 Å². The third-order valence-corrected chi connectivity index (χ3v) is 6.16. The summed E-state index contributed by atoms with van der Waals surface area (Å²) in [4.78, 5) is 16.7. The Balaban J connectivity index is 1.70. The Labute approximate surface area is 164 Å². The lowest BCUT2D eigenvalue weighted by molar-refractivity contribution is 0.0746. The summed E-state index contributed by atoms with van der Waals surface area (Å²) in [6.45, 7) is 2.51. The summed E-state index contributed by atoms with van der Waals surface area (Å²) in [6.07, 6.45) is 1.08. The number of methoxy groups -OCH3 is 1. The van der Waals surface area contributed by atoms with E-state index in [-0.39, 0.29) is 15.8 Å². The Bertz CT molecular complexity index is 937. The first-order valence-corrected chi connectivity index (χ1v) is 10.7. The Morgan fingerprint density at radius 1 is 1.04 bits per heavy atom. The van der Waals surface area contributed by atoms with Crippen LogP contribution in [0.1, 0.15) is 10.4 Å². The smallest absolute Gasteiger partial charge is 0.254 e. The molecule has 0 unspecified atom stereocenters. The van der Waals surface area contributed by atoms with Gasteiger partial charge in [0, 0.05) is 43.7 Å². The van der Waals surface area contributed by atoms with Crippen LogP contribution in [0.15, 0.2) is 47.4 Å². The van der Waals surface area contributed by atoms with Crippen LogP contribution in [0, 0.1) is 0 Å². The summed E-state index contributed by atoms with van der Waals surface area (Å²) in [6, 6.07) is 12.2. The van der Waals surface area contributed by atoms with Gasteiger partial charge in [-0.3, -0.25) is 4.79 Å². The van der Waals surface area contributed by atoms with E-state index in [1.54, 1.807) is 18.1 Å². The molecule has 1 aliphatic heterocycles. The molecule has 2 aromatic carbocycles. The van der Waals surface area contributed by atoms with E-state index < -0.39 is 9.84 Å². The highest BCUT2D eigenvalue weighted by molar-refractivity contribution is 7.90. The van der Waals surface area contributed by atoms with Crippen LogP contribution < -0.4 is 9.64 Å². The van der Waals surface area contributed by atoms with Crippen molar-refractivity contribution in [2.24, 2.45) is 0 Å². The van der Waals surface area contributed by atoms with Crippen molar-refractivity contribution in [1.82, 2.24) is 4.90 Å². The van der Waals surface area contributed by atoms with Crippen molar-refractivity contribution in [3.8, 4) is 5.75 Å². The molecule has 8 heteroatoms. The number of benzene rings is 2. The van der Waals surface area contributed by atoms with Crippen LogP contribution in [0.2, 0.25) is 5.02 Å². The lowest BCUT2D eigenvalue weighted by Gasteiger charge is -2.36. The Hall–Kier alpha value is -2.25. The molecular formula is C19H21ClN2O4S. The molecule has 1 aliphatic rings. The molecule has 1 saturated heterocycles. The van der Waals surface area contributed by atoms with E-state index in [1.165, 1.54) is 12.1 Å². The standard InChI is InChI=1S/C19H21ClN2O4S/c1-26-16-6-4-15(5-7-16)21-9-11-22(12-10-21)19(23)14-3-8-17(20)18(13-14)27(2,24)25/h3-8,13H,9-12H2,1-2H3. The number of amides is 1. The molecule has 6 nitrogen and oxygen atoms in total. The zero-order valence-corrected chi connectivity index (χ0v) is 16.8. The number of carbonyl (C=O) groups is 1. The number of hydrogen-bond acceptors (Lipinski definition) is 5. The van der Waals surface area contributed by atoms with Gasteiger partial charge in [-0.05, 0) is 42.5 Å². The normalized spacial score (nSPS) is 14.9. The lowest BCUT2D eigenvalue weighted by atomic mass is 10.1. The first kappa shape index (κ1) is 19.5. The third-order valence-electron chi connectivity index (χ3n) is 4.58. The quantitative estimate of drug-likeness (QED) is 0.778. The zero-order valence-electron chi connectivity index (χ0n) is 15.2. The van der Waals surface area contributed by atoms with Gasteiger partial charge in [-0.25, -0.2) is 8.42 Å². The molecule has 0 aromatic heterocycles. The molecule has 144 valence electrons. The molecule has 2 aromatic rings. The van der Waals surface area contributed by atoms with E-state index >= 15 is 0 Å². The fraction of sp³-hybridized carbons (Fsp3) is 0.316. The van der Waals surface area contributed by atoms with Gasteiger partial charge in [0.15, 0.2) is 9.84 Å². The molecule has 0 bridgehead atoms. The second-order valence-electron chi connectivity index (χ2n) is 6.39. The van der Waals surface area contributed by atoms with Gasteiger partial charge in [-0.1, -0.05) is 11.6 Å². The largest absolute Gasteiger partial charge is 0.497 e. The highest BCUT2D eigenvalue weighted by Crippen LogP contribution is 2.24. The summed E-state index contributed by atoms with van der Waals surface area (Å²) < 4.78 is 28.8. The molecule has 0 atom stereocenters. The van der Waals surface area contributed by atoms with Crippen molar-refractivity contribution in [1.29, 1.82) is 0 Å². The molecule has 1 fully saturated rings. The molecule has 0 spiro atoms. The first-order chi connectivity index (χ1) is 12.8. The van der Waals surface area contributed by atoms with Crippen molar-refractivity contribution in [3.05, 3.63) is 53.1 Å². The summed E-state index contributed by atoms with van der Waals surface area (Å²) in [7, 11) is -1.86. The topological polar surface area (TPSA) is 66.9 Å². The van der Waals surface area contributed by atoms with Gasteiger partial charge in [0.25, 0.3) is 5.91 Å². The fourth-order valence-corrected chi connectivity index (χ4v) is 4.37. The first-order valence-electron chi connectivity index (χ1n) is 8.47. The minimum atomic E-state index is -3.49. The van der Waals surface area contributed by atoms with Crippen molar-refractivity contribution in [2.45, 2.75) is 4.90 Å². The zero-order chi connectivity index (χ0) is 19.6. The molecule has 1 amide bonds. The van der Waals surface area contributed by atoms with Gasteiger partial charge in [-0.15, -0.1) is 0 Å². The number of nitrogens with zero attached hydrogens (tertiary/aromatic N) is 2. The SMILES string of the molecule is COc1ccc(N2CCN(C(=O)c3ccc(Cl)c(S(C)(=O)=O)c3)CC2)cc1. The third kappa shape index (κ3) is 4.36. The second-order valence-corrected chi connectivity index (χ2v) is 8.79. The van der Waals surface area contributed by atoms with Crippen LogP contribution in [-0.4, -0.2) is 58.8 Å². The Kier molecular flexibility index (Phi) is 5.62. The maximum absolute atomic E-state index is 12.8. The summed E-state index contributed by atoms with van der Waals surface area (Å²) in [5.41, 5.74) is 1.41. The lowest BCUT2D eigenvalue weighted by Crippen LogP contribution is -2.48. The van der Waals surface area contributed by atoms with E-state index in [0.717, 1.165) is 17.7 Å². The minimum Gasteiger partial charge on any atom is -0.497 e. The van der Waals surface area contributed by atoms with E-state index in [0.29, 0.717) is 31.7 Å². The van der Waals surface area contributed by atoms with Crippen molar-refractivity contribution in [2.75, 3.05) is 44.4 Å². The molecule has 27 heavy (non-hydrogen) atoms. The Morgan fingerprint density at radius 3 is 2.22 bits per heavy atom. The van der Waals surface area contributed by atoms with Gasteiger partial charge in [0.1, 0.15) is 5.75 Å². The summed E-state index contributed by atoms with van der Waals surface area (Å²) in [5, 5.41) is 0.123. The monoisotopic (exact) mass is 408 g/mol. The van der Waals surface area contributed by atoms with E-state index in [4.69, 9.17) is 16.3 Å². The van der Waals surface area contributed by atoms with Gasteiger partial charge in [0.05, 0.1) is 17.0 Å². The summed E-state index contributed by atoms with van der Waals surface area (Å²) >= 11 is 5.96. The highest BCUT2D eigenvalue weighted by atomic mass is 35.5. The molecule has 0 saturated carbocycles. The van der Waals surface area contributed by atoms with Crippen molar-refractivity contribution in [3.63, 3.8) is 0 Å². The van der Waals surface area contributed by atoms with Crippen molar-refractivity contribution < 1.29 is 17.9 Å². The van der Waals surface area contributed by atoms with Gasteiger partial charge >= 0.3 is 0 Å². The molecule has 1 heterocycles. The number of anilines is 1. The van der Waals surface area contributed by atoms with E-state index in [2.05, 4.69) is 4.90 Å². The fourth-order valence-electron chi connectivity index (χ4n) is 3.06. The molecule has 3 rings (SSSR count). The van der Waals surface area contributed by atoms with Gasteiger partial charge in [0.2, 0.25) is 0 Å². The minimum absolute atomic E-state index is 0.0214. The predicted molar refractivity (Wildman–Crippen MR) is 106 cm³/mol. The second kappa shape index (κ2) is 7.78. The number of carbonyl (C=O) groups excluding carboxylic acids is 1. The highest BCUT2D eigenvalue weighted by Gasteiger charge is 2.24. The van der Waals surface area contributed by atoms with Crippen LogP contribution in [0.5, 0.6) is 5.75 Å². The van der Waals surface area contributed by atoms with Gasteiger partial charge < -0.3 is 14.5 Å². The predicted octanol–water partition coefficient (Wildman–Crippen LogP) is 2.71. The number of sulfone groups is 1. The van der Waals surface area contributed by atoms with Crippen LogP contribution in [0.25, 0.3) is 0 Å². The van der Waals surface area contributed by atoms with Crippen LogP contribution in [0.3, 0.4) is 0 Å². The van der Waals surface area contributed by atoms with Gasteiger partial charge in [-0.2, -0.15) is 0 Å². The number of halogens is 1. The van der Waals surface area contributed by atoms with Crippen molar-refractivity contribution >= 4 is 33.0 Å². The number of ether oxygens (including phenoxy) is 1. The molecular weight excluding hydrogens is 388 g/mol. The number of hydrogen-bond donors (Lipinski definition) is 0. The molecule has 0 radical (unpaired) electrons. The van der Waals surface area contributed by atoms with Crippen LogP contribution >= 0.6 is 11.6 Å². The maximum Gasteiger partial charge on any atom is 0.254 e. The average molecular weight is 409 g/mol. The average Bonchev–Trinajstić information content (AvgIpc) is 2.67. The molecule has 0 aliphatic carbocycles. The van der Waals surface area contributed by atoms with Crippen LogP contribution in [-0.2, 0) is 9.84 Å². The Morgan fingerprint density at radius 2 is 1.67 bits per heavy atom. The number of rotatable bonds is 4. The van der Waals surface area contributed by atoms with Crippen LogP contribution in [0.4, 0.5) is 5.69 Å². The molecule has 0 N–H and O–H groups in total. The van der Waals surface area contributed by atoms with E-state index in [1.807, 2.05) is 24.3 Å². The maximum atomic E-state index is 12.8.